The smallest absolute Gasteiger partial charge is 0.408 e. The summed E-state index contributed by atoms with van der Waals surface area (Å²) in [6.45, 7) is 5.09. The van der Waals surface area contributed by atoms with Gasteiger partial charge in [0, 0.05) is 18.7 Å². The molecule has 1 aromatic heterocycles. The molecule has 0 radical (unpaired) electrons. The second-order valence-corrected chi connectivity index (χ2v) is 6.43. The molecule has 0 saturated heterocycles. The lowest BCUT2D eigenvalue weighted by molar-refractivity contribution is -0.144. The zero-order valence-electron chi connectivity index (χ0n) is 14.5. The molecule has 2 heterocycles. The zero-order valence-corrected chi connectivity index (χ0v) is 14.5. The maximum absolute atomic E-state index is 12.2. The number of aromatic nitrogens is 1. The monoisotopic (exact) mass is 351 g/mol. The summed E-state index contributed by atoms with van der Waals surface area (Å²) in [4.78, 5) is 39.9. The predicted molar refractivity (Wildman–Crippen MR) is 87.1 cm³/mol. The Bertz CT molecular complexity index is 670. The number of hydrogen-bond acceptors (Lipinski definition) is 7. The number of amides is 2. The molecule has 136 valence electrons. The molecule has 1 aliphatic heterocycles. The summed E-state index contributed by atoms with van der Waals surface area (Å²) in [7, 11) is 1.19. The number of carbonyl (C=O) groups is 3. The highest BCUT2D eigenvalue weighted by Crippen LogP contribution is 2.29. The Balaban J connectivity index is 2.08. The van der Waals surface area contributed by atoms with Gasteiger partial charge in [-0.3, -0.25) is 9.78 Å². The van der Waals surface area contributed by atoms with Crippen LogP contribution in [0.5, 0.6) is 5.75 Å². The van der Waals surface area contributed by atoms with E-state index in [9.17, 15) is 14.4 Å². The minimum atomic E-state index is -1.10. The van der Waals surface area contributed by atoms with E-state index in [2.05, 4.69) is 20.4 Å². The molecule has 0 aliphatic carbocycles. The van der Waals surface area contributed by atoms with E-state index in [4.69, 9.17) is 9.47 Å². The van der Waals surface area contributed by atoms with Gasteiger partial charge in [-0.05, 0) is 20.8 Å². The van der Waals surface area contributed by atoms with Crippen LogP contribution in [-0.2, 0) is 19.1 Å². The van der Waals surface area contributed by atoms with Gasteiger partial charge in [0.2, 0.25) is 0 Å². The molecule has 1 aromatic rings. The van der Waals surface area contributed by atoms with Crippen molar-refractivity contribution in [1.82, 2.24) is 10.3 Å². The number of rotatable bonds is 4. The van der Waals surface area contributed by atoms with Crippen molar-refractivity contribution < 1.29 is 28.6 Å². The van der Waals surface area contributed by atoms with Crippen LogP contribution in [0.4, 0.5) is 10.5 Å². The van der Waals surface area contributed by atoms with Crippen molar-refractivity contribution in [3.05, 3.63) is 18.5 Å². The number of fused-ring (bicyclic) bond motifs is 1. The minimum Gasteiger partial charge on any atom is -0.478 e. The second-order valence-electron chi connectivity index (χ2n) is 6.43. The Kier molecular flexibility index (Phi) is 5.45. The zero-order chi connectivity index (χ0) is 18.6. The molecule has 2 atom stereocenters. The summed E-state index contributed by atoms with van der Waals surface area (Å²) in [6, 6.07) is 0.495. The van der Waals surface area contributed by atoms with Crippen molar-refractivity contribution >= 4 is 23.7 Å². The van der Waals surface area contributed by atoms with Crippen molar-refractivity contribution in [1.29, 1.82) is 0 Å². The second kappa shape index (κ2) is 7.37. The van der Waals surface area contributed by atoms with Crippen LogP contribution in [0.3, 0.4) is 0 Å². The molecule has 2 N–H and O–H groups in total. The number of carbonyl (C=O) groups excluding carboxylic acids is 3. The number of alkyl carbamates (subject to hydrolysis) is 1. The third-order valence-corrected chi connectivity index (χ3v) is 3.23. The summed E-state index contributed by atoms with van der Waals surface area (Å²) >= 11 is 0. The van der Waals surface area contributed by atoms with Crippen LogP contribution >= 0.6 is 0 Å². The molecule has 0 unspecified atom stereocenters. The maximum Gasteiger partial charge on any atom is 0.408 e. The summed E-state index contributed by atoms with van der Waals surface area (Å²) in [5.41, 5.74) is -0.284. The SMILES string of the molecule is COC(=O)[C@H](C[C@@H]1Oc2ccncc2NC1=O)NC(=O)OC(C)(C)C. The summed E-state index contributed by atoms with van der Waals surface area (Å²) in [5, 5.41) is 5.05. The maximum atomic E-state index is 12.2. The lowest BCUT2D eigenvalue weighted by Crippen LogP contribution is -2.49. The summed E-state index contributed by atoms with van der Waals surface area (Å²) in [5.74, 6) is -0.719. The minimum absolute atomic E-state index is 0.112. The van der Waals surface area contributed by atoms with Crippen molar-refractivity contribution in [3.8, 4) is 5.75 Å². The first-order valence-electron chi connectivity index (χ1n) is 7.68. The number of pyridine rings is 1. The molecule has 0 aromatic carbocycles. The van der Waals surface area contributed by atoms with Crippen molar-refractivity contribution in [3.63, 3.8) is 0 Å². The third-order valence-electron chi connectivity index (χ3n) is 3.23. The van der Waals surface area contributed by atoms with Crippen molar-refractivity contribution in [2.75, 3.05) is 12.4 Å². The van der Waals surface area contributed by atoms with E-state index in [-0.39, 0.29) is 6.42 Å². The Morgan fingerprint density at radius 1 is 1.44 bits per heavy atom. The molecule has 0 spiro atoms. The average molecular weight is 351 g/mol. The Labute approximate surface area is 145 Å². The fraction of sp³-hybridized carbons (Fsp3) is 0.500. The van der Waals surface area contributed by atoms with E-state index < -0.39 is 35.7 Å². The number of esters is 1. The first-order chi connectivity index (χ1) is 11.7. The molecule has 25 heavy (non-hydrogen) atoms. The quantitative estimate of drug-likeness (QED) is 0.784. The van der Waals surface area contributed by atoms with Gasteiger partial charge in [0.1, 0.15) is 23.1 Å². The molecule has 9 nitrogen and oxygen atoms in total. The van der Waals surface area contributed by atoms with E-state index in [1.807, 2.05) is 0 Å². The molecule has 0 saturated carbocycles. The average Bonchev–Trinajstić information content (AvgIpc) is 2.52. The van der Waals surface area contributed by atoms with Gasteiger partial charge in [-0.2, -0.15) is 0 Å². The fourth-order valence-electron chi connectivity index (χ4n) is 2.17. The molecule has 9 heteroatoms. The van der Waals surface area contributed by atoms with Crippen LogP contribution in [0.2, 0.25) is 0 Å². The highest BCUT2D eigenvalue weighted by molar-refractivity contribution is 5.98. The molecule has 2 amide bonds. The number of methoxy groups -OCH3 is 1. The van der Waals surface area contributed by atoms with Crippen LogP contribution in [0.25, 0.3) is 0 Å². The predicted octanol–water partition coefficient (Wildman–Crippen LogP) is 1.24. The van der Waals surface area contributed by atoms with E-state index >= 15 is 0 Å². The summed E-state index contributed by atoms with van der Waals surface area (Å²) in [6.07, 6.45) is 1.10. The fourth-order valence-corrected chi connectivity index (χ4v) is 2.17. The third kappa shape index (κ3) is 5.07. The standard InChI is InChI=1S/C16H21N3O6/c1-16(2,3)25-15(22)19-9(14(21)23-4)7-12-13(20)18-10-8-17-6-5-11(10)24-12/h5-6,8-9,12H,7H2,1-4H3,(H,18,20)(H,19,22)/t9-,12-/m0/s1. The molecule has 0 bridgehead atoms. The molecule has 2 rings (SSSR count). The summed E-state index contributed by atoms with van der Waals surface area (Å²) < 4.78 is 15.4. The lowest BCUT2D eigenvalue weighted by atomic mass is 10.1. The number of hydrogen-bond donors (Lipinski definition) is 2. The van der Waals surface area contributed by atoms with Crippen LogP contribution in [0.1, 0.15) is 27.2 Å². The molecular weight excluding hydrogens is 330 g/mol. The van der Waals surface area contributed by atoms with E-state index in [1.54, 1.807) is 26.8 Å². The normalized spacial score (nSPS) is 17.4. The van der Waals surface area contributed by atoms with E-state index in [0.29, 0.717) is 11.4 Å². The number of ether oxygens (including phenoxy) is 3. The largest absolute Gasteiger partial charge is 0.478 e. The first-order valence-corrected chi connectivity index (χ1v) is 7.68. The van der Waals surface area contributed by atoms with Gasteiger partial charge in [-0.15, -0.1) is 0 Å². The molecule has 1 aliphatic rings. The van der Waals surface area contributed by atoms with Crippen LogP contribution in [0.15, 0.2) is 18.5 Å². The molecule has 0 fully saturated rings. The highest BCUT2D eigenvalue weighted by atomic mass is 16.6. The van der Waals surface area contributed by atoms with Gasteiger partial charge < -0.3 is 24.8 Å². The van der Waals surface area contributed by atoms with Gasteiger partial charge in [-0.1, -0.05) is 0 Å². The van der Waals surface area contributed by atoms with Crippen LogP contribution < -0.4 is 15.4 Å². The van der Waals surface area contributed by atoms with Crippen molar-refractivity contribution in [2.45, 2.75) is 44.9 Å². The van der Waals surface area contributed by atoms with Gasteiger partial charge in [0.05, 0.1) is 13.3 Å². The van der Waals surface area contributed by atoms with Crippen LogP contribution in [0, 0.1) is 0 Å². The van der Waals surface area contributed by atoms with E-state index in [1.165, 1.54) is 19.5 Å². The Morgan fingerprint density at radius 2 is 2.16 bits per heavy atom. The number of anilines is 1. The van der Waals surface area contributed by atoms with Gasteiger partial charge in [-0.25, -0.2) is 9.59 Å². The number of nitrogens with zero attached hydrogens (tertiary/aromatic N) is 1. The number of nitrogens with one attached hydrogen (secondary N) is 2. The van der Waals surface area contributed by atoms with Crippen molar-refractivity contribution in [2.24, 2.45) is 0 Å². The lowest BCUT2D eigenvalue weighted by Gasteiger charge is -2.28. The highest BCUT2D eigenvalue weighted by Gasteiger charge is 2.34. The van der Waals surface area contributed by atoms with Gasteiger partial charge in [0.15, 0.2) is 6.10 Å². The van der Waals surface area contributed by atoms with Gasteiger partial charge >= 0.3 is 12.1 Å². The molecular formula is C16H21N3O6. The van der Waals surface area contributed by atoms with E-state index in [0.717, 1.165) is 0 Å². The van der Waals surface area contributed by atoms with Gasteiger partial charge in [0.25, 0.3) is 5.91 Å². The topological polar surface area (TPSA) is 116 Å². The Hall–Kier alpha value is -2.84. The first kappa shape index (κ1) is 18.5. The van der Waals surface area contributed by atoms with Crippen LogP contribution in [-0.4, -0.2) is 47.8 Å². The Morgan fingerprint density at radius 3 is 2.80 bits per heavy atom.